The van der Waals surface area contributed by atoms with E-state index in [2.05, 4.69) is 15.3 Å². The summed E-state index contributed by atoms with van der Waals surface area (Å²) < 4.78 is 50.5. The van der Waals surface area contributed by atoms with E-state index in [1.54, 1.807) is 18.2 Å². The monoisotopic (exact) mass is 383 g/mol. The van der Waals surface area contributed by atoms with Crippen LogP contribution < -0.4 is 14.8 Å². The molecule has 1 aromatic heterocycles. The summed E-state index contributed by atoms with van der Waals surface area (Å²) in [4.78, 5) is 7.72. The van der Waals surface area contributed by atoms with Crippen molar-refractivity contribution < 1.29 is 22.6 Å². The molecule has 0 spiro atoms. The predicted octanol–water partition coefficient (Wildman–Crippen LogP) is 5.60. The van der Waals surface area contributed by atoms with Crippen LogP contribution in [0.15, 0.2) is 30.5 Å². The maximum atomic E-state index is 13.2. The van der Waals surface area contributed by atoms with Crippen LogP contribution >= 0.6 is 0 Å². The van der Waals surface area contributed by atoms with Crippen molar-refractivity contribution in [3.8, 4) is 11.6 Å². The van der Waals surface area contributed by atoms with E-state index in [9.17, 15) is 13.2 Å². The molecule has 8 heteroatoms. The fourth-order valence-corrected chi connectivity index (χ4v) is 2.28. The number of benzene rings is 1. The summed E-state index contributed by atoms with van der Waals surface area (Å²) >= 11 is 0. The Morgan fingerprint density at radius 3 is 2.48 bits per heavy atom. The Bertz CT molecular complexity index is 724. The van der Waals surface area contributed by atoms with Crippen molar-refractivity contribution in [1.82, 2.24) is 9.97 Å². The van der Waals surface area contributed by atoms with Crippen LogP contribution in [0.1, 0.15) is 45.1 Å². The fourth-order valence-electron chi connectivity index (χ4n) is 2.28. The number of nitrogens with zero attached hydrogens (tertiary/aromatic N) is 2. The molecule has 0 saturated heterocycles. The number of ether oxygens (including phenoxy) is 2. The molecule has 1 aromatic carbocycles. The summed E-state index contributed by atoms with van der Waals surface area (Å²) in [7, 11) is 0. The quantitative estimate of drug-likeness (QED) is 0.542. The highest BCUT2D eigenvalue weighted by Gasteiger charge is 2.36. The number of halogens is 3. The summed E-state index contributed by atoms with van der Waals surface area (Å²) in [5.41, 5.74) is -0.414. The molecular formula is C19H24F3N3O2. The van der Waals surface area contributed by atoms with Crippen molar-refractivity contribution in [2.75, 3.05) is 18.5 Å². The summed E-state index contributed by atoms with van der Waals surface area (Å²) in [6, 6.07) is 7.11. The van der Waals surface area contributed by atoms with E-state index in [1.165, 1.54) is 0 Å². The van der Waals surface area contributed by atoms with Crippen LogP contribution in [0.5, 0.6) is 11.6 Å². The van der Waals surface area contributed by atoms with Gasteiger partial charge in [0.05, 0.1) is 18.9 Å². The van der Waals surface area contributed by atoms with Crippen LogP contribution in [-0.2, 0) is 6.18 Å². The lowest BCUT2D eigenvalue weighted by atomic mass is 10.2. The molecule has 0 radical (unpaired) electrons. The molecular weight excluding hydrogens is 359 g/mol. The number of nitrogens with one attached hydrogen (secondary N) is 1. The van der Waals surface area contributed by atoms with Gasteiger partial charge in [0.25, 0.3) is 0 Å². The molecule has 0 bridgehead atoms. The van der Waals surface area contributed by atoms with Gasteiger partial charge in [-0.25, -0.2) is 4.98 Å². The number of hydrogen-bond donors (Lipinski definition) is 1. The first kappa shape index (κ1) is 20.8. The lowest BCUT2D eigenvalue weighted by molar-refractivity contribution is -0.139. The summed E-state index contributed by atoms with van der Waals surface area (Å²) in [6.07, 6.45) is -0.532. The molecule has 27 heavy (non-hydrogen) atoms. The maximum Gasteiger partial charge on any atom is 0.423 e. The number of rotatable bonds is 10. The first-order chi connectivity index (χ1) is 13.0. The predicted molar refractivity (Wildman–Crippen MR) is 97.6 cm³/mol. The molecule has 0 aliphatic rings. The second-order valence-corrected chi connectivity index (χ2v) is 5.94. The smallest absolute Gasteiger partial charge is 0.423 e. The van der Waals surface area contributed by atoms with E-state index in [1.807, 2.05) is 19.9 Å². The van der Waals surface area contributed by atoms with E-state index < -0.39 is 17.6 Å². The Labute approximate surface area is 156 Å². The van der Waals surface area contributed by atoms with Gasteiger partial charge in [-0.1, -0.05) is 38.8 Å². The molecule has 2 aromatic rings. The molecule has 0 saturated carbocycles. The third kappa shape index (κ3) is 6.30. The largest absolute Gasteiger partial charge is 0.491 e. The molecule has 0 aliphatic carbocycles. The highest BCUT2D eigenvalue weighted by molar-refractivity contribution is 5.62. The van der Waals surface area contributed by atoms with E-state index in [0.717, 1.165) is 25.5 Å². The van der Waals surface area contributed by atoms with E-state index in [-0.39, 0.29) is 12.6 Å². The van der Waals surface area contributed by atoms with Crippen molar-refractivity contribution in [2.45, 2.75) is 45.7 Å². The normalized spacial score (nSPS) is 11.3. The summed E-state index contributed by atoms with van der Waals surface area (Å²) in [6.45, 7) is 4.69. The molecule has 1 heterocycles. The third-order valence-corrected chi connectivity index (χ3v) is 3.64. The van der Waals surface area contributed by atoms with Gasteiger partial charge in [0.15, 0.2) is 0 Å². The molecule has 148 valence electrons. The van der Waals surface area contributed by atoms with Gasteiger partial charge in [-0.05, 0) is 25.0 Å². The topological polar surface area (TPSA) is 56.3 Å². The molecule has 0 fully saturated rings. The number of aromatic nitrogens is 2. The fraction of sp³-hybridized carbons (Fsp3) is 0.474. The lowest BCUT2D eigenvalue weighted by Gasteiger charge is -2.15. The first-order valence-corrected chi connectivity index (χ1v) is 9.01. The lowest BCUT2D eigenvalue weighted by Crippen LogP contribution is -2.13. The zero-order valence-corrected chi connectivity index (χ0v) is 15.5. The maximum absolute atomic E-state index is 13.2. The van der Waals surface area contributed by atoms with Crippen LogP contribution in [0.4, 0.5) is 24.8 Å². The van der Waals surface area contributed by atoms with E-state index >= 15 is 0 Å². The standard InChI is InChI=1S/C19H24F3N3O2/c1-3-5-8-12-27-17-14(19(20,21)22)13-23-18(25-17)24-15-9-6-7-10-16(15)26-11-4-2/h6-7,9-10,13H,3-5,8,11-12H2,1-2H3,(H,23,24,25). The van der Waals surface area contributed by atoms with Gasteiger partial charge in [0, 0.05) is 6.20 Å². The minimum absolute atomic E-state index is 0.0149. The third-order valence-electron chi connectivity index (χ3n) is 3.64. The molecule has 0 aliphatic heterocycles. The molecule has 0 unspecified atom stereocenters. The van der Waals surface area contributed by atoms with Crippen molar-refractivity contribution >= 4 is 11.6 Å². The van der Waals surface area contributed by atoms with Crippen molar-refractivity contribution in [3.63, 3.8) is 0 Å². The van der Waals surface area contributed by atoms with E-state index in [0.29, 0.717) is 24.5 Å². The van der Waals surface area contributed by atoms with Crippen molar-refractivity contribution in [1.29, 1.82) is 0 Å². The zero-order chi connectivity index (χ0) is 19.7. The number of anilines is 2. The Hall–Kier alpha value is -2.51. The number of unbranched alkanes of at least 4 members (excludes halogenated alkanes) is 2. The highest BCUT2D eigenvalue weighted by atomic mass is 19.4. The zero-order valence-electron chi connectivity index (χ0n) is 15.5. The van der Waals surface area contributed by atoms with Gasteiger partial charge < -0.3 is 14.8 Å². The second kappa shape index (κ2) is 9.99. The Morgan fingerprint density at radius 2 is 1.78 bits per heavy atom. The van der Waals surface area contributed by atoms with Gasteiger partial charge in [-0.2, -0.15) is 18.2 Å². The first-order valence-electron chi connectivity index (χ1n) is 9.01. The molecule has 1 N–H and O–H groups in total. The SMILES string of the molecule is CCCCCOc1nc(Nc2ccccc2OCCC)ncc1C(F)(F)F. The van der Waals surface area contributed by atoms with E-state index in [4.69, 9.17) is 9.47 Å². The summed E-state index contributed by atoms with van der Waals surface area (Å²) in [5.74, 6) is 0.123. The molecule has 5 nitrogen and oxygen atoms in total. The Balaban J connectivity index is 2.22. The average Bonchev–Trinajstić information content (AvgIpc) is 2.64. The Morgan fingerprint density at radius 1 is 1.00 bits per heavy atom. The van der Waals surface area contributed by atoms with Gasteiger partial charge in [0.2, 0.25) is 11.8 Å². The summed E-state index contributed by atoms with van der Waals surface area (Å²) in [5, 5.41) is 2.91. The minimum atomic E-state index is -4.58. The number of para-hydroxylation sites is 2. The molecule has 0 atom stereocenters. The highest BCUT2D eigenvalue weighted by Crippen LogP contribution is 2.36. The van der Waals surface area contributed by atoms with Gasteiger partial charge in [-0.15, -0.1) is 0 Å². The molecule has 0 amide bonds. The van der Waals surface area contributed by atoms with Crippen LogP contribution in [-0.4, -0.2) is 23.2 Å². The van der Waals surface area contributed by atoms with Gasteiger partial charge in [-0.3, -0.25) is 0 Å². The minimum Gasteiger partial charge on any atom is -0.491 e. The van der Waals surface area contributed by atoms with Gasteiger partial charge in [0.1, 0.15) is 11.3 Å². The Kier molecular flexibility index (Phi) is 7.69. The molecule has 2 rings (SSSR count). The van der Waals surface area contributed by atoms with Crippen molar-refractivity contribution in [2.24, 2.45) is 0 Å². The van der Waals surface area contributed by atoms with Crippen LogP contribution in [0.3, 0.4) is 0 Å². The second-order valence-electron chi connectivity index (χ2n) is 5.94. The average molecular weight is 383 g/mol. The van der Waals surface area contributed by atoms with Crippen LogP contribution in [0.25, 0.3) is 0 Å². The van der Waals surface area contributed by atoms with Crippen LogP contribution in [0.2, 0.25) is 0 Å². The van der Waals surface area contributed by atoms with Crippen molar-refractivity contribution in [3.05, 3.63) is 36.0 Å². The number of alkyl halides is 3. The van der Waals surface area contributed by atoms with Crippen LogP contribution in [0, 0.1) is 0 Å². The van der Waals surface area contributed by atoms with Gasteiger partial charge >= 0.3 is 6.18 Å². The number of hydrogen-bond acceptors (Lipinski definition) is 5.